The van der Waals surface area contributed by atoms with Crippen LogP contribution in [-0.4, -0.2) is 65.4 Å². The molecule has 198 valence electrons. The third kappa shape index (κ3) is 4.96. The zero-order valence-corrected chi connectivity index (χ0v) is 20.8. The summed E-state index contributed by atoms with van der Waals surface area (Å²) in [5, 5.41) is 3.84. The number of ether oxygens (including phenoxy) is 3. The van der Waals surface area contributed by atoms with Gasteiger partial charge in [-0.1, -0.05) is 6.42 Å². The highest BCUT2D eigenvalue weighted by Gasteiger charge is 2.37. The molecular formula is C26H29F3N4O4. The number of methoxy groups -OCH3 is 2. The summed E-state index contributed by atoms with van der Waals surface area (Å²) in [6.45, 7) is 2.34. The topological polar surface area (TPSA) is 78.2 Å². The lowest BCUT2D eigenvalue weighted by Gasteiger charge is -2.44. The second-order valence-corrected chi connectivity index (χ2v) is 9.49. The minimum Gasteiger partial charge on any atom is -0.493 e. The maximum absolute atomic E-state index is 14.0. The quantitative estimate of drug-likeness (QED) is 0.432. The summed E-state index contributed by atoms with van der Waals surface area (Å²) in [6.07, 6.45) is 1.77. The van der Waals surface area contributed by atoms with Crippen molar-refractivity contribution in [3.63, 3.8) is 0 Å². The Kier molecular flexibility index (Phi) is 6.98. The van der Waals surface area contributed by atoms with Gasteiger partial charge in [-0.2, -0.15) is 18.3 Å². The highest BCUT2D eigenvalue weighted by atomic mass is 19.4. The first-order valence-electron chi connectivity index (χ1n) is 12.4. The van der Waals surface area contributed by atoms with Crippen LogP contribution in [0.5, 0.6) is 11.5 Å². The van der Waals surface area contributed by atoms with E-state index < -0.39 is 17.8 Å². The van der Waals surface area contributed by atoms with Gasteiger partial charge < -0.3 is 14.2 Å². The summed E-state index contributed by atoms with van der Waals surface area (Å²) in [4.78, 5) is 19.9. The summed E-state index contributed by atoms with van der Waals surface area (Å²) in [5.74, 6) is 0.248. The van der Waals surface area contributed by atoms with Crippen molar-refractivity contribution < 1.29 is 32.2 Å². The summed E-state index contributed by atoms with van der Waals surface area (Å²) >= 11 is 0. The molecule has 0 bridgehead atoms. The first kappa shape index (κ1) is 25.3. The van der Waals surface area contributed by atoms with Crippen LogP contribution < -0.4 is 9.47 Å². The van der Waals surface area contributed by atoms with Gasteiger partial charge >= 0.3 is 12.1 Å². The summed E-state index contributed by atoms with van der Waals surface area (Å²) < 4.78 is 58.7. The van der Waals surface area contributed by atoms with Gasteiger partial charge in [0.15, 0.2) is 22.8 Å². The van der Waals surface area contributed by atoms with Gasteiger partial charge in [0.25, 0.3) is 0 Å². The van der Waals surface area contributed by atoms with Gasteiger partial charge in [-0.3, -0.25) is 4.90 Å². The van der Waals surface area contributed by atoms with Crippen molar-refractivity contribution in [3.05, 3.63) is 41.7 Å². The summed E-state index contributed by atoms with van der Waals surface area (Å²) in [7, 11) is 2.90. The zero-order valence-electron chi connectivity index (χ0n) is 20.8. The van der Waals surface area contributed by atoms with E-state index in [1.54, 1.807) is 12.1 Å². The first-order chi connectivity index (χ1) is 17.8. The number of piperidine rings is 2. The van der Waals surface area contributed by atoms with Crippen LogP contribution >= 0.6 is 0 Å². The third-order valence-electron chi connectivity index (χ3n) is 7.32. The standard InChI is InChI=1S/C26H29F3N4O4/c1-35-21-9-8-16(12-22(21)36-2)19-13-23(26(27,28)29)33-24(31-19)18(14-30-33)25(34)37-15-17-6-5-11-32-10-4-3-7-20(17)32/h8-9,12-14,17,20H,3-7,10-11,15H2,1-2H3/t17-,20+/m0/s1. The normalized spacial score (nSPS) is 20.5. The van der Waals surface area contributed by atoms with Crippen molar-refractivity contribution in [1.29, 1.82) is 0 Å². The number of alkyl halides is 3. The van der Waals surface area contributed by atoms with Crippen LogP contribution in [0.2, 0.25) is 0 Å². The van der Waals surface area contributed by atoms with Crippen molar-refractivity contribution in [2.24, 2.45) is 5.92 Å². The Morgan fingerprint density at radius 3 is 2.59 bits per heavy atom. The molecule has 2 atom stereocenters. The molecule has 2 aliphatic heterocycles. The molecule has 5 rings (SSSR count). The number of carbonyl (C=O) groups is 1. The fraction of sp³-hybridized carbons (Fsp3) is 0.500. The Morgan fingerprint density at radius 1 is 1.05 bits per heavy atom. The molecule has 4 heterocycles. The van der Waals surface area contributed by atoms with Crippen LogP contribution in [0, 0.1) is 5.92 Å². The number of benzene rings is 1. The molecule has 0 unspecified atom stereocenters. The predicted molar refractivity (Wildman–Crippen MR) is 129 cm³/mol. The van der Waals surface area contributed by atoms with Crippen LogP contribution in [0.1, 0.15) is 48.2 Å². The molecule has 0 saturated carbocycles. The van der Waals surface area contributed by atoms with E-state index in [9.17, 15) is 18.0 Å². The molecule has 0 aliphatic carbocycles. The largest absolute Gasteiger partial charge is 0.493 e. The lowest BCUT2D eigenvalue weighted by Crippen LogP contribution is -2.49. The van der Waals surface area contributed by atoms with E-state index in [4.69, 9.17) is 14.2 Å². The number of hydrogen-bond donors (Lipinski definition) is 0. The molecule has 3 aromatic rings. The van der Waals surface area contributed by atoms with E-state index in [2.05, 4.69) is 15.0 Å². The summed E-state index contributed by atoms with van der Waals surface area (Å²) in [5.41, 5.74) is -0.991. The molecule has 11 heteroatoms. The van der Waals surface area contributed by atoms with Gasteiger partial charge in [0.2, 0.25) is 0 Å². The molecule has 2 aliphatic rings. The minimum atomic E-state index is -4.73. The highest BCUT2D eigenvalue weighted by molar-refractivity contribution is 5.96. The highest BCUT2D eigenvalue weighted by Crippen LogP contribution is 2.36. The third-order valence-corrected chi connectivity index (χ3v) is 7.32. The number of rotatable bonds is 6. The van der Waals surface area contributed by atoms with Gasteiger partial charge in [-0.25, -0.2) is 14.3 Å². The first-order valence-corrected chi connectivity index (χ1v) is 12.4. The van der Waals surface area contributed by atoms with E-state index in [0.717, 1.165) is 51.0 Å². The van der Waals surface area contributed by atoms with E-state index in [1.807, 2.05) is 0 Å². The zero-order chi connectivity index (χ0) is 26.2. The molecule has 2 aromatic heterocycles. The Bertz CT molecular complexity index is 1290. The Labute approximate surface area is 212 Å². The number of esters is 1. The maximum atomic E-state index is 14.0. The second kappa shape index (κ2) is 10.2. The average Bonchev–Trinajstić information content (AvgIpc) is 3.34. The lowest BCUT2D eigenvalue weighted by molar-refractivity contribution is -0.142. The average molecular weight is 519 g/mol. The van der Waals surface area contributed by atoms with Crippen LogP contribution in [0.25, 0.3) is 16.9 Å². The molecule has 2 saturated heterocycles. The Balaban J connectivity index is 1.47. The van der Waals surface area contributed by atoms with Crippen LogP contribution in [-0.2, 0) is 10.9 Å². The fourth-order valence-corrected chi connectivity index (χ4v) is 5.48. The number of carbonyl (C=O) groups excluding carboxylic acids is 1. The monoisotopic (exact) mass is 518 g/mol. The minimum absolute atomic E-state index is 0.0143. The van der Waals surface area contributed by atoms with E-state index in [-0.39, 0.29) is 29.4 Å². The Morgan fingerprint density at radius 2 is 1.84 bits per heavy atom. The number of nitrogens with zero attached hydrogens (tertiary/aromatic N) is 4. The second-order valence-electron chi connectivity index (χ2n) is 9.49. The van der Waals surface area contributed by atoms with E-state index in [1.165, 1.54) is 26.7 Å². The molecule has 8 nitrogen and oxygen atoms in total. The van der Waals surface area contributed by atoms with Crippen molar-refractivity contribution in [3.8, 4) is 22.8 Å². The molecule has 0 spiro atoms. The molecule has 0 radical (unpaired) electrons. The van der Waals surface area contributed by atoms with Crippen LogP contribution in [0.3, 0.4) is 0 Å². The number of hydrogen-bond acceptors (Lipinski definition) is 7. The van der Waals surface area contributed by atoms with Crippen molar-refractivity contribution in [2.75, 3.05) is 33.9 Å². The Hall–Kier alpha value is -3.34. The van der Waals surface area contributed by atoms with Gasteiger partial charge in [0, 0.05) is 17.5 Å². The van der Waals surface area contributed by atoms with Crippen molar-refractivity contribution in [2.45, 2.75) is 44.3 Å². The van der Waals surface area contributed by atoms with Crippen LogP contribution in [0.15, 0.2) is 30.5 Å². The smallest absolute Gasteiger partial charge is 0.433 e. The van der Waals surface area contributed by atoms with Gasteiger partial charge in [0.05, 0.1) is 32.7 Å². The molecule has 1 aromatic carbocycles. The molecule has 2 fully saturated rings. The molecule has 0 amide bonds. The van der Waals surface area contributed by atoms with Gasteiger partial charge in [-0.15, -0.1) is 0 Å². The molecule has 37 heavy (non-hydrogen) atoms. The van der Waals surface area contributed by atoms with Crippen molar-refractivity contribution >= 4 is 11.6 Å². The summed E-state index contributed by atoms with van der Waals surface area (Å²) in [6, 6.07) is 5.97. The SMILES string of the molecule is COc1ccc(-c2cc(C(F)(F)F)n3ncc(C(=O)OC[C@@H]4CCCN5CCCC[C@H]45)c3n2)cc1OC. The predicted octanol–water partition coefficient (Wildman–Crippen LogP) is 4.85. The molecule has 0 N–H and O–H groups in total. The fourth-order valence-electron chi connectivity index (χ4n) is 5.48. The number of aromatic nitrogens is 3. The number of fused-ring (bicyclic) bond motifs is 2. The van der Waals surface area contributed by atoms with Crippen molar-refractivity contribution in [1.82, 2.24) is 19.5 Å². The van der Waals surface area contributed by atoms with E-state index in [0.29, 0.717) is 27.6 Å². The van der Waals surface area contributed by atoms with Gasteiger partial charge in [-0.05, 0) is 63.0 Å². The van der Waals surface area contributed by atoms with Gasteiger partial charge in [0.1, 0.15) is 5.56 Å². The number of halogens is 3. The van der Waals surface area contributed by atoms with Crippen LogP contribution in [0.4, 0.5) is 13.2 Å². The molecular weight excluding hydrogens is 489 g/mol. The van der Waals surface area contributed by atoms with E-state index >= 15 is 0 Å². The lowest BCUT2D eigenvalue weighted by atomic mass is 9.84. The maximum Gasteiger partial charge on any atom is 0.433 e.